The molecule has 1 heterocycles. The van der Waals surface area contributed by atoms with Gasteiger partial charge in [0.25, 0.3) is 0 Å². The highest BCUT2D eigenvalue weighted by Gasteiger charge is 2.36. The van der Waals surface area contributed by atoms with Gasteiger partial charge in [-0.3, -0.25) is 14.4 Å². The molecule has 2 aromatic carbocycles. The van der Waals surface area contributed by atoms with Gasteiger partial charge >= 0.3 is 0 Å². The second-order valence-corrected chi connectivity index (χ2v) is 7.30. The van der Waals surface area contributed by atoms with Crippen LogP contribution >= 0.6 is 0 Å². The monoisotopic (exact) mass is 425 g/mol. The van der Waals surface area contributed by atoms with E-state index >= 15 is 0 Å². The van der Waals surface area contributed by atoms with E-state index in [2.05, 4.69) is 10.6 Å². The molecule has 0 aliphatic carbocycles. The van der Waals surface area contributed by atoms with Gasteiger partial charge in [0.2, 0.25) is 17.7 Å². The second-order valence-electron chi connectivity index (χ2n) is 7.30. The number of hydrogen-bond acceptors (Lipinski definition) is 5. The van der Waals surface area contributed by atoms with Crippen molar-refractivity contribution in [3.63, 3.8) is 0 Å². The van der Waals surface area contributed by atoms with Gasteiger partial charge in [-0.1, -0.05) is 6.07 Å². The third-order valence-electron chi connectivity index (χ3n) is 4.99. The molecule has 1 aliphatic rings. The van der Waals surface area contributed by atoms with Crippen LogP contribution in [-0.2, 0) is 14.4 Å². The van der Waals surface area contributed by atoms with Gasteiger partial charge in [0.1, 0.15) is 11.5 Å². The fourth-order valence-electron chi connectivity index (χ4n) is 3.45. The standard InChI is InChI=1S/C23H27N3O5/c1-4-31-18-8-6-17(7-9-18)25-21(27)13-24-23(29)16-12-22(28)26(14-16)19-11-15(2)5-10-20(19)30-3/h5-11,16H,4,12-14H2,1-3H3,(H,24,29)(H,25,27). The fraction of sp³-hybridized carbons (Fsp3) is 0.348. The first-order chi connectivity index (χ1) is 14.9. The van der Waals surface area contributed by atoms with Crippen LogP contribution in [-0.4, -0.2) is 44.5 Å². The average molecular weight is 425 g/mol. The molecule has 8 nitrogen and oxygen atoms in total. The number of hydrogen-bond donors (Lipinski definition) is 2. The third-order valence-corrected chi connectivity index (χ3v) is 4.99. The van der Waals surface area contributed by atoms with E-state index < -0.39 is 5.92 Å². The number of aryl methyl sites for hydroxylation is 1. The van der Waals surface area contributed by atoms with Gasteiger partial charge < -0.3 is 25.0 Å². The summed E-state index contributed by atoms with van der Waals surface area (Å²) in [6, 6.07) is 12.5. The predicted molar refractivity (Wildman–Crippen MR) is 117 cm³/mol. The maximum Gasteiger partial charge on any atom is 0.243 e. The summed E-state index contributed by atoms with van der Waals surface area (Å²) in [4.78, 5) is 38.8. The Bertz CT molecular complexity index is 958. The molecule has 1 unspecified atom stereocenters. The first-order valence-electron chi connectivity index (χ1n) is 10.2. The number of anilines is 2. The van der Waals surface area contributed by atoms with Crippen LogP contribution in [0.15, 0.2) is 42.5 Å². The number of nitrogens with one attached hydrogen (secondary N) is 2. The molecule has 3 amide bonds. The molecule has 0 bridgehead atoms. The molecule has 0 saturated carbocycles. The Morgan fingerprint density at radius 1 is 1.16 bits per heavy atom. The maximum absolute atomic E-state index is 12.5. The molecule has 2 aromatic rings. The first kappa shape index (κ1) is 22.1. The number of carbonyl (C=O) groups excluding carboxylic acids is 3. The molecule has 3 rings (SSSR count). The van der Waals surface area contributed by atoms with E-state index in [0.29, 0.717) is 23.7 Å². The number of methoxy groups -OCH3 is 1. The molecule has 164 valence electrons. The number of nitrogens with zero attached hydrogens (tertiary/aromatic N) is 1. The molecular formula is C23H27N3O5. The Morgan fingerprint density at radius 2 is 1.90 bits per heavy atom. The van der Waals surface area contributed by atoms with Crippen LogP contribution in [0.1, 0.15) is 18.9 Å². The van der Waals surface area contributed by atoms with Crippen LogP contribution in [0.4, 0.5) is 11.4 Å². The summed E-state index contributed by atoms with van der Waals surface area (Å²) >= 11 is 0. The topological polar surface area (TPSA) is 97.0 Å². The zero-order chi connectivity index (χ0) is 22.4. The molecule has 2 N–H and O–H groups in total. The van der Waals surface area contributed by atoms with E-state index in [0.717, 1.165) is 11.3 Å². The molecule has 31 heavy (non-hydrogen) atoms. The van der Waals surface area contributed by atoms with E-state index in [1.165, 1.54) is 0 Å². The molecule has 0 spiro atoms. The summed E-state index contributed by atoms with van der Waals surface area (Å²) in [7, 11) is 1.54. The number of carbonyl (C=O) groups is 3. The molecular weight excluding hydrogens is 398 g/mol. The fourth-order valence-corrected chi connectivity index (χ4v) is 3.45. The van der Waals surface area contributed by atoms with Crippen molar-refractivity contribution < 1.29 is 23.9 Å². The van der Waals surface area contributed by atoms with Crippen molar-refractivity contribution in [2.24, 2.45) is 5.92 Å². The van der Waals surface area contributed by atoms with E-state index in [-0.39, 0.29) is 37.2 Å². The lowest BCUT2D eigenvalue weighted by molar-refractivity contribution is -0.127. The van der Waals surface area contributed by atoms with Crippen LogP contribution < -0.4 is 25.0 Å². The summed E-state index contributed by atoms with van der Waals surface area (Å²) < 4.78 is 10.7. The minimum absolute atomic E-state index is 0.0867. The summed E-state index contributed by atoms with van der Waals surface area (Å²) in [5.41, 5.74) is 2.25. The van der Waals surface area contributed by atoms with Gasteiger partial charge in [0.15, 0.2) is 0 Å². The van der Waals surface area contributed by atoms with Gasteiger partial charge in [-0.25, -0.2) is 0 Å². The summed E-state index contributed by atoms with van der Waals surface area (Å²) in [6.45, 7) is 4.45. The molecule has 1 aliphatic heterocycles. The van der Waals surface area contributed by atoms with Crippen molar-refractivity contribution in [3.05, 3.63) is 48.0 Å². The van der Waals surface area contributed by atoms with Gasteiger partial charge in [-0.05, 0) is 55.8 Å². The Balaban J connectivity index is 1.53. The van der Waals surface area contributed by atoms with Crippen molar-refractivity contribution in [1.82, 2.24) is 5.32 Å². The summed E-state index contributed by atoms with van der Waals surface area (Å²) in [6.07, 6.45) is 0.0867. The highest BCUT2D eigenvalue weighted by molar-refractivity contribution is 6.02. The minimum Gasteiger partial charge on any atom is -0.495 e. The Kier molecular flexibility index (Phi) is 7.12. The van der Waals surface area contributed by atoms with Gasteiger partial charge in [0.05, 0.1) is 31.9 Å². The second kappa shape index (κ2) is 9.97. The lowest BCUT2D eigenvalue weighted by Crippen LogP contribution is -2.38. The van der Waals surface area contributed by atoms with E-state index in [9.17, 15) is 14.4 Å². The molecule has 1 atom stereocenters. The summed E-state index contributed by atoms with van der Waals surface area (Å²) in [5.74, 6) is -0.0634. The quantitative estimate of drug-likeness (QED) is 0.677. The zero-order valence-electron chi connectivity index (χ0n) is 17.9. The van der Waals surface area contributed by atoms with E-state index in [4.69, 9.17) is 9.47 Å². The first-order valence-corrected chi connectivity index (χ1v) is 10.2. The van der Waals surface area contributed by atoms with Crippen molar-refractivity contribution >= 4 is 29.1 Å². The van der Waals surface area contributed by atoms with Crippen LogP contribution in [0.2, 0.25) is 0 Å². The Labute approximate surface area is 181 Å². The lowest BCUT2D eigenvalue weighted by atomic mass is 10.1. The van der Waals surface area contributed by atoms with Crippen molar-refractivity contribution in [2.75, 3.05) is 37.0 Å². The van der Waals surface area contributed by atoms with Crippen molar-refractivity contribution in [1.29, 1.82) is 0 Å². The normalized spacial score (nSPS) is 15.5. The third kappa shape index (κ3) is 5.53. The van der Waals surface area contributed by atoms with Gasteiger partial charge in [0, 0.05) is 18.7 Å². The highest BCUT2D eigenvalue weighted by atomic mass is 16.5. The van der Waals surface area contributed by atoms with Crippen LogP contribution in [0.5, 0.6) is 11.5 Å². The van der Waals surface area contributed by atoms with Crippen LogP contribution in [0.3, 0.4) is 0 Å². The molecule has 1 saturated heterocycles. The average Bonchev–Trinajstić information content (AvgIpc) is 3.15. The largest absolute Gasteiger partial charge is 0.495 e. The number of ether oxygens (including phenoxy) is 2. The minimum atomic E-state index is -0.531. The number of benzene rings is 2. The van der Waals surface area contributed by atoms with Crippen molar-refractivity contribution in [2.45, 2.75) is 20.3 Å². The summed E-state index contributed by atoms with van der Waals surface area (Å²) in [5, 5.41) is 5.34. The molecule has 0 aromatic heterocycles. The lowest BCUT2D eigenvalue weighted by Gasteiger charge is -2.20. The zero-order valence-corrected chi connectivity index (χ0v) is 17.9. The van der Waals surface area contributed by atoms with Crippen LogP contribution in [0.25, 0.3) is 0 Å². The van der Waals surface area contributed by atoms with Gasteiger partial charge in [-0.2, -0.15) is 0 Å². The number of amides is 3. The van der Waals surface area contributed by atoms with Crippen LogP contribution in [0, 0.1) is 12.8 Å². The molecule has 1 fully saturated rings. The molecule has 8 heteroatoms. The maximum atomic E-state index is 12.5. The van der Waals surface area contributed by atoms with E-state index in [1.807, 2.05) is 26.0 Å². The SMILES string of the molecule is CCOc1ccc(NC(=O)CNC(=O)C2CC(=O)N(c3cc(C)ccc3OC)C2)cc1. The Morgan fingerprint density at radius 3 is 2.58 bits per heavy atom. The van der Waals surface area contributed by atoms with E-state index in [1.54, 1.807) is 42.3 Å². The Hall–Kier alpha value is -3.55. The van der Waals surface area contributed by atoms with Crippen molar-refractivity contribution in [3.8, 4) is 11.5 Å². The smallest absolute Gasteiger partial charge is 0.243 e. The number of rotatable bonds is 8. The highest BCUT2D eigenvalue weighted by Crippen LogP contribution is 2.33. The molecule has 0 radical (unpaired) electrons. The predicted octanol–water partition coefficient (Wildman–Crippen LogP) is 2.51. The van der Waals surface area contributed by atoms with Gasteiger partial charge in [-0.15, -0.1) is 0 Å².